The highest BCUT2D eigenvalue weighted by molar-refractivity contribution is 7.72. The lowest BCUT2D eigenvalue weighted by atomic mass is 10.0. The van der Waals surface area contributed by atoms with Crippen molar-refractivity contribution in [2.24, 2.45) is 0 Å². The van der Waals surface area contributed by atoms with E-state index in [0.29, 0.717) is 5.56 Å². The Morgan fingerprint density at radius 3 is 1.86 bits per heavy atom. The summed E-state index contributed by atoms with van der Waals surface area (Å²) in [6, 6.07) is 14.0. The molecule has 0 aliphatic rings. The number of benzene rings is 3. The fourth-order valence-corrected chi connectivity index (χ4v) is 6.20. The lowest BCUT2D eigenvalue weighted by Gasteiger charge is -2.14. The molecule has 3 rings (SSSR count). The first-order valence-electron chi connectivity index (χ1n) is 8.04. The molecule has 0 aliphatic carbocycles. The van der Waals surface area contributed by atoms with Gasteiger partial charge >= 0.3 is 0 Å². The van der Waals surface area contributed by atoms with Crippen molar-refractivity contribution >= 4 is 82.4 Å². The highest BCUT2D eigenvalue weighted by Crippen LogP contribution is 2.40. The Hall–Kier alpha value is -1.32. The summed E-state index contributed by atoms with van der Waals surface area (Å²) >= 11 is 30.9. The highest BCUT2D eigenvalue weighted by Gasteiger charge is 2.29. The minimum absolute atomic E-state index is 0.0179. The molecule has 0 aliphatic heterocycles. The molecule has 148 valence electrons. The van der Waals surface area contributed by atoms with E-state index in [9.17, 15) is 14.2 Å². The van der Waals surface area contributed by atoms with E-state index in [0.717, 1.165) is 0 Å². The number of carbonyl (C=O) groups is 2. The number of rotatable bonds is 5. The van der Waals surface area contributed by atoms with Gasteiger partial charge in [-0.25, -0.2) is 0 Å². The molecular formula is C20H10Cl5O3P. The molecule has 0 aromatic heterocycles. The van der Waals surface area contributed by atoms with Crippen LogP contribution in [0.25, 0.3) is 0 Å². The normalized spacial score (nSPS) is 11.9. The second kappa shape index (κ2) is 9.22. The first-order valence-corrected chi connectivity index (χ1v) is 11.3. The number of hydrogen-bond donors (Lipinski definition) is 0. The zero-order valence-electron chi connectivity index (χ0n) is 14.3. The average molecular weight is 507 g/mol. The summed E-state index contributed by atoms with van der Waals surface area (Å²) < 4.78 is 13.1. The van der Waals surface area contributed by atoms with E-state index < -0.39 is 19.1 Å². The second-order valence-electron chi connectivity index (χ2n) is 5.85. The second-order valence-corrected chi connectivity index (χ2v) is 9.47. The lowest BCUT2D eigenvalue weighted by molar-refractivity contribution is 0.103. The van der Waals surface area contributed by atoms with Crippen LogP contribution in [0.1, 0.15) is 26.3 Å². The average Bonchev–Trinajstić information content (AvgIpc) is 2.67. The molecule has 0 spiro atoms. The van der Waals surface area contributed by atoms with Crippen molar-refractivity contribution in [1.82, 2.24) is 0 Å². The van der Waals surface area contributed by atoms with E-state index >= 15 is 0 Å². The minimum Gasteiger partial charge on any atom is -0.313 e. The van der Waals surface area contributed by atoms with Gasteiger partial charge in [0.1, 0.15) is 0 Å². The minimum atomic E-state index is -3.29. The monoisotopic (exact) mass is 504 g/mol. The van der Waals surface area contributed by atoms with Crippen LogP contribution in [0.5, 0.6) is 0 Å². The van der Waals surface area contributed by atoms with Gasteiger partial charge in [0.2, 0.25) is 5.52 Å². The van der Waals surface area contributed by atoms with E-state index in [1.807, 2.05) is 0 Å². The maximum absolute atomic E-state index is 13.1. The van der Waals surface area contributed by atoms with Crippen LogP contribution in [0, 0.1) is 0 Å². The molecule has 0 fully saturated rings. The highest BCUT2D eigenvalue weighted by atomic mass is 35.5. The first kappa shape index (κ1) is 22.4. The smallest absolute Gasteiger partial charge is 0.225 e. The van der Waals surface area contributed by atoms with Gasteiger partial charge in [0.25, 0.3) is 0 Å². The van der Waals surface area contributed by atoms with Gasteiger partial charge in [0.15, 0.2) is 13.6 Å². The van der Waals surface area contributed by atoms with Crippen LogP contribution in [0.15, 0.2) is 54.6 Å². The molecule has 3 aromatic rings. The topological polar surface area (TPSA) is 51.2 Å². The fraction of sp³-hybridized carbons (Fsp3) is 0. The Labute approximate surface area is 192 Å². The van der Waals surface area contributed by atoms with Crippen molar-refractivity contribution in [2.45, 2.75) is 0 Å². The lowest BCUT2D eigenvalue weighted by Crippen LogP contribution is -2.14. The fourth-order valence-electron chi connectivity index (χ4n) is 2.68. The first-order chi connectivity index (χ1) is 13.7. The predicted octanol–water partition coefficient (Wildman–Crippen LogP) is 7.21. The van der Waals surface area contributed by atoms with Crippen LogP contribution < -0.4 is 5.30 Å². The Kier molecular flexibility index (Phi) is 7.11. The van der Waals surface area contributed by atoms with Crippen molar-refractivity contribution in [3.8, 4) is 0 Å². The summed E-state index contributed by atoms with van der Waals surface area (Å²) in [6.45, 7) is 0. The van der Waals surface area contributed by atoms with Gasteiger partial charge in [-0.2, -0.15) is 0 Å². The molecule has 3 nitrogen and oxygen atoms in total. The SMILES string of the molecule is O=C(c1ccccc1)c1c(Cl)cc(Cl)c([PH](=O)C(=O)c2c(Cl)cccc2Cl)c1Cl. The van der Waals surface area contributed by atoms with Crippen LogP contribution in [-0.2, 0) is 4.57 Å². The van der Waals surface area contributed by atoms with E-state index in [2.05, 4.69) is 0 Å². The van der Waals surface area contributed by atoms with Crippen molar-refractivity contribution in [3.05, 3.63) is 96.4 Å². The van der Waals surface area contributed by atoms with Crippen molar-refractivity contribution in [3.63, 3.8) is 0 Å². The van der Waals surface area contributed by atoms with Crippen LogP contribution in [0.3, 0.4) is 0 Å². The zero-order valence-corrected chi connectivity index (χ0v) is 19.1. The van der Waals surface area contributed by atoms with E-state index in [-0.39, 0.29) is 41.5 Å². The quantitative estimate of drug-likeness (QED) is 0.271. The molecule has 0 amide bonds. The summed E-state index contributed by atoms with van der Waals surface area (Å²) in [5.41, 5.74) is -0.687. The Morgan fingerprint density at radius 2 is 1.28 bits per heavy atom. The molecular weight excluding hydrogens is 496 g/mol. The molecule has 0 radical (unpaired) electrons. The molecule has 0 bridgehead atoms. The van der Waals surface area contributed by atoms with Gasteiger partial charge in [-0.15, -0.1) is 0 Å². The van der Waals surface area contributed by atoms with Gasteiger partial charge in [-0.3, -0.25) is 9.59 Å². The number of halogens is 5. The third-order valence-electron chi connectivity index (χ3n) is 4.06. The van der Waals surface area contributed by atoms with Gasteiger partial charge in [0, 0.05) is 5.56 Å². The Morgan fingerprint density at radius 1 is 0.690 bits per heavy atom. The molecule has 1 atom stereocenters. The third-order valence-corrected chi connectivity index (χ3v) is 7.61. The van der Waals surface area contributed by atoms with Crippen LogP contribution in [0.4, 0.5) is 0 Å². The van der Waals surface area contributed by atoms with Gasteiger partial charge in [0.05, 0.1) is 41.5 Å². The summed E-state index contributed by atoms with van der Waals surface area (Å²) in [5, 5.41) is -0.425. The maximum atomic E-state index is 13.1. The molecule has 0 heterocycles. The number of hydrogen-bond acceptors (Lipinski definition) is 3. The molecule has 3 aromatic carbocycles. The maximum Gasteiger partial charge on any atom is 0.225 e. The third kappa shape index (κ3) is 4.41. The van der Waals surface area contributed by atoms with Crippen LogP contribution in [-0.4, -0.2) is 11.3 Å². The van der Waals surface area contributed by atoms with Crippen molar-refractivity contribution in [1.29, 1.82) is 0 Å². The van der Waals surface area contributed by atoms with Crippen molar-refractivity contribution in [2.75, 3.05) is 0 Å². The summed E-state index contributed by atoms with van der Waals surface area (Å²) in [4.78, 5) is 25.7. The zero-order chi connectivity index (χ0) is 21.3. The van der Waals surface area contributed by atoms with E-state index in [1.54, 1.807) is 36.4 Å². The Balaban J connectivity index is 2.14. The molecule has 29 heavy (non-hydrogen) atoms. The van der Waals surface area contributed by atoms with Gasteiger partial charge < -0.3 is 4.57 Å². The van der Waals surface area contributed by atoms with Crippen LogP contribution in [0.2, 0.25) is 25.1 Å². The van der Waals surface area contributed by atoms with E-state index in [4.69, 9.17) is 58.0 Å². The predicted molar refractivity (Wildman–Crippen MR) is 121 cm³/mol. The summed E-state index contributed by atoms with van der Waals surface area (Å²) in [6.07, 6.45) is 0. The Bertz CT molecular complexity index is 1140. The number of ketones is 1. The van der Waals surface area contributed by atoms with Crippen LogP contribution >= 0.6 is 65.8 Å². The van der Waals surface area contributed by atoms with E-state index in [1.165, 1.54) is 18.2 Å². The molecule has 0 N–H and O–H groups in total. The van der Waals surface area contributed by atoms with Gasteiger partial charge in [-0.1, -0.05) is 94.4 Å². The largest absolute Gasteiger partial charge is 0.313 e. The summed E-state index contributed by atoms with van der Waals surface area (Å²) in [5.74, 6) is -0.489. The summed E-state index contributed by atoms with van der Waals surface area (Å²) in [7, 11) is -3.29. The standard InChI is InChI=1S/C20H10Cl5O3P/c21-11-7-4-8-12(22)15(11)20(27)29(28)19-14(24)9-13(23)16(17(19)25)18(26)10-5-2-1-3-6-10/h1-9,29H. The van der Waals surface area contributed by atoms with Crippen molar-refractivity contribution < 1.29 is 14.2 Å². The molecule has 1 unspecified atom stereocenters. The van der Waals surface area contributed by atoms with Gasteiger partial charge in [-0.05, 0) is 18.2 Å². The molecule has 0 saturated heterocycles. The number of carbonyl (C=O) groups excluding carboxylic acids is 2. The molecule has 9 heteroatoms. The molecule has 0 saturated carbocycles.